The third-order valence-corrected chi connectivity index (χ3v) is 3.92. The lowest BCUT2D eigenvalue weighted by atomic mass is 9.77. The first-order valence-electron chi connectivity index (χ1n) is 6.65. The molecular formula is C13H22N2O4. The lowest BCUT2D eigenvalue weighted by Crippen LogP contribution is -2.42. The van der Waals surface area contributed by atoms with Crippen molar-refractivity contribution >= 4 is 12.0 Å². The number of carbonyl (C=O) groups is 2. The van der Waals surface area contributed by atoms with E-state index in [1.165, 1.54) is 0 Å². The van der Waals surface area contributed by atoms with Gasteiger partial charge in [-0.1, -0.05) is 0 Å². The molecule has 1 spiro atoms. The molecule has 2 saturated heterocycles. The van der Waals surface area contributed by atoms with Gasteiger partial charge in [-0.15, -0.1) is 0 Å². The van der Waals surface area contributed by atoms with Crippen LogP contribution >= 0.6 is 0 Å². The van der Waals surface area contributed by atoms with Crippen molar-refractivity contribution in [2.45, 2.75) is 32.8 Å². The second-order valence-corrected chi connectivity index (χ2v) is 6.40. The Balaban J connectivity index is 2.07. The van der Waals surface area contributed by atoms with Crippen molar-refractivity contribution in [2.24, 2.45) is 11.3 Å². The molecule has 2 rings (SSSR count). The van der Waals surface area contributed by atoms with E-state index >= 15 is 0 Å². The van der Waals surface area contributed by atoms with Crippen molar-refractivity contribution in [2.75, 3.05) is 26.2 Å². The highest BCUT2D eigenvalue weighted by Gasteiger charge is 2.54. The van der Waals surface area contributed by atoms with Gasteiger partial charge in [-0.3, -0.25) is 4.79 Å². The smallest absolute Gasteiger partial charge is 0.410 e. The molecule has 19 heavy (non-hydrogen) atoms. The van der Waals surface area contributed by atoms with Crippen LogP contribution in [0.4, 0.5) is 4.79 Å². The summed E-state index contributed by atoms with van der Waals surface area (Å²) in [7, 11) is 0. The van der Waals surface area contributed by atoms with Gasteiger partial charge in [0.2, 0.25) is 5.91 Å². The summed E-state index contributed by atoms with van der Waals surface area (Å²) in [5, 5.41) is 12.2. The van der Waals surface area contributed by atoms with Crippen LogP contribution in [0.1, 0.15) is 27.2 Å². The Morgan fingerprint density at radius 2 is 2.26 bits per heavy atom. The number of nitrogens with one attached hydrogen (secondary N) is 1. The summed E-state index contributed by atoms with van der Waals surface area (Å²) in [5.74, 6) is -0.176. The van der Waals surface area contributed by atoms with E-state index in [9.17, 15) is 14.7 Å². The van der Waals surface area contributed by atoms with Gasteiger partial charge in [-0.2, -0.15) is 0 Å². The molecule has 0 aromatic heterocycles. The van der Waals surface area contributed by atoms with Gasteiger partial charge in [0.15, 0.2) is 0 Å². The van der Waals surface area contributed by atoms with E-state index in [2.05, 4.69) is 5.32 Å². The maximum atomic E-state index is 12.0. The quantitative estimate of drug-likeness (QED) is 0.720. The van der Waals surface area contributed by atoms with E-state index in [0.717, 1.165) is 0 Å². The Morgan fingerprint density at radius 1 is 1.58 bits per heavy atom. The van der Waals surface area contributed by atoms with Crippen LogP contribution in [0.2, 0.25) is 0 Å². The summed E-state index contributed by atoms with van der Waals surface area (Å²) in [5.41, 5.74) is -1.17. The van der Waals surface area contributed by atoms with Crippen LogP contribution in [0, 0.1) is 11.3 Å². The molecule has 0 unspecified atom stereocenters. The predicted molar refractivity (Wildman–Crippen MR) is 68.4 cm³/mol. The van der Waals surface area contributed by atoms with Crippen LogP contribution in [-0.4, -0.2) is 53.8 Å². The van der Waals surface area contributed by atoms with E-state index in [0.29, 0.717) is 26.1 Å². The summed E-state index contributed by atoms with van der Waals surface area (Å²) in [4.78, 5) is 25.6. The Hall–Kier alpha value is -1.30. The van der Waals surface area contributed by atoms with Gasteiger partial charge in [0.05, 0.1) is 5.41 Å². The van der Waals surface area contributed by atoms with Crippen LogP contribution in [0.25, 0.3) is 0 Å². The number of amides is 2. The molecule has 2 aliphatic rings. The molecule has 6 heteroatoms. The van der Waals surface area contributed by atoms with Crippen molar-refractivity contribution in [1.29, 1.82) is 0 Å². The van der Waals surface area contributed by atoms with Crippen LogP contribution in [0.3, 0.4) is 0 Å². The fourth-order valence-corrected chi connectivity index (χ4v) is 2.85. The minimum absolute atomic E-state index is 0.0408. The first-order chi connectivity index (χ1) is 8.78. The molecule has 2 amide bonds. The van der Waals surface area contributed by atoms with Crippen molar-refractivity contribution in [3.05, 3.63) is 0 Å². The van der Waals surface area contributed by atoms with E-state index in [-0.39, 0.29) is 24.5 Å². The molecule has 0 aromatic carbocycles. The molecule has 108 valence electrons. The van der Waals surface area contributed by atoms with Gasteiger partial charge in [-0.05, 0) is 27.2 Å². The molecule has 0 radical (unpaired) electrons. The van der Waals surface area contributed by atoms with Gasteiger partial charge in [0.1, 0.15) is 5.60 Å². The van der Waals surface area contributed by atoms with E-state index in [4.69, 9.17) is 4.74 Å². The minimum atomic E-state index is -0.633. The Bertz CT molecular complexity index is 391. The van der Waals surface area contributed by atoms with Crippen molar-refractivity contribution in [1.82, 2.24) is 10.2 Å². The first-order valence-corrected chi connectivity index (χ1v) is 6.65. The van der Waals surface area contributed by atoms with Crippen molar-refractivity contribution < 1.29 is 19.4 Å². The number of nitrogens with zero attached hydrogens (tertiary/aromatic N) is 1. The normalized spacial score (nSPS) is 30.8. The van der Waals surface area contributed by atoms with Crippen LogP contribution in [0.15, 0.2) is 0 Å². The molecule has 0 aliphatic carbocycles. The molecule has 2 heterocycles. The number of likely N-dealkylation sites (tertiary alicyclic amines) is 1. The number of ether oxygens (including phenoxy) is 1. The van der Waals surface area contributed by atoms with Crippen LogP contribution < -0.4 is 5.32 Å². The fourth-order valence-electron chi connectivity index (χ4n) is 2.85. The average molecular weight is 270 g/mol. The second kappa shape index (κ2) is 4.67. The summed E-state index contributed by atoms with van der Waals surface area (Å²) in [6, 6.07) is 0. The number of aliphatic hydroxyl groups excluding tert-OH is 1. The highest BCUT2D eigenvalue weighted by Crippen LogP contribution is 2.41. The lowest BCUT2D eigenvalue weighted by Gasteiger charge is -2.28. The second-order valence-electron chi connectivity index (χ2n) is 6.40. The minimum Gasteiger partial charge on any atom is -0.444 e. The zero-order valence-corrected chi connectivity index (χ0v) is 11.7. The fraction of sp³-hybridized carbons (Fsp3) is 0.846. The molecule has 0 bridgehead atoms. The number of hydrogen-bond acceptors (Lipinski definition) is 4. The predicted octanol–water partition coefficient (Wildman–Crippen LogP) is 0.352. The SMILES string of the molecule is CC(C)(C)OC(=O)N1CC[C@]2(C1)C(=O)NC[C@@H]2CO. The van der Waals surface area contributed by atoms with E-state index < -0.39 is 11.0 Å². The Kier molecular flexibility index (Phi) is 3.47. The van der Waals surface area contributed by atoms with Gasteiger partial charge < -0.3 is 20.1 Å². The maximum absolute atomic E-state index is 12.0. The monoisotopic (exact) mass is 270 g/mol. The molecule has 0 saturated carbocycles. The summed E-state index contributed by atoms with van der Waals surface area (Å²) in [6.07, 6.45) is 0.198. The van der Waals surface area contributed by atoms with Gasteiger partial charge >= 0.3 is 6.09 Å². The largest absolute Gasteiger partial charge is 0.444 e. The summed E-state index contributed by atoms with van der Waals surface area (Å²) < 4.78 is 5.32. The first kappa shape index (κ1) is 14.1. The van der Waals surface area contributed by atoms with Gasteiger partial charge in [0, 0.05) is 32.2 Å². The highest BCUT2D eigenvalue weighted by atomic mass is 16.6. The third-order valence-electron chi connectivity index (χ3n) is 3.92. The maximum Gasteiger partial charge on any atom is 0.410 e. The summed E-state index contributed by atoms with van der Waals surface area (Å²) >= 11 is 0. The number of hydrogen-bond donors (Lipinski definition) is 2. The Morgan fingerprint density at radius 3 is 2.84 bits per heavy atom. The number of rotatable bonds is 1. The molecular weight excluding hydrogens is 248 g/mol. The van der Waals surface area contributed by atoms with Crippen LogP contribution in [0.5, 0.6) is 0 Å². The average Bonchev–Trinajstić information content (AvgIpc) is 2.85. The highest BCUT2D eigenvalue weighted by molar-refractivity contribution is 5.87. The molecule has 2 aliphatic heterocycles. The molecule has 2 atom stereocenters. The zero-order chi connectivity index (χ0) is 14.3. The zero-order valence-electron chi connectivity index (χ0n) is 11.7. The van der Waals surface area contributed by atoms with Crippen LogP contribution in [-0.2, 0) is 9.53 Å². The molecule has 6 nitrogen and oxygen atoms in total. The topological polar surface area (TPSA) is 78.9 Å². The van der Waals surface area contributed by atoms with Gasteiger partial charge in [0.25, 0.3) is 0 Å². The summed E-state index contributed by atoms with van der Waals surface area (Å²) in [6.45, 7) is 6.72. The van der Waals surface area contributed by atoms with E-state index in [1.807, 2.05) is 20.8 Å². The Labute approximate surface area is 113 Å². The van der Waals surface area contributed by atoms with Crippen molar-refractivity contribution in [3.63, 3.8) is 0 Å². The third kappa shape index (κ3) is 2.54. The van der Waals surface area contributed by atoms with Gasteiger partial charge in [-0.25, -0.2) is 4.79 Å². The standard InChI is InChI=1S/C13H22N2O4/c1-12(2,3)19-11(18)15-5-4-13(8-15)9(7-16)6-14-10(13)17/h9,16H,4-8H2,1-3H3,(H,14,17)/t9-,13-/m1/s1. The number of carbonyl (C=O) groups excluding carboxylic acids is 2. The molecule has 0 aromatic rings. The van der Waals surface area contributed by atoms with E-state index in [1.54, 1.807) is 4.90 Å². The lowest BCUT2D eigenvalue weighted by molar-refractivity contribution is -0.128. The molecule has 2 fully saturated rings. The number of aliphatic hydroxyl groups is 1. The molecule has 2 N–H and O–H groups in total. The van der Waals surface area contributed by atoms with Crippen molar-refractivity contribution in [3.8, 4) is 0 Å².